The van der Waals surface area contributed by atoms with Crippen LogP contribution in [0.25, 0.3) is 0 Å². The van der Waals surface area contributed by atoms with E-state index >= 15 is 0 Å². The van der Waals surface area contributed by atoms with Crippen molar-refractivity contribution in [2.75, 3.05) is 7.11 Å². The van der Waals surface area contributed by atoms with Crippen LogP contribution in [0.4, 0.5) is 0 Å². The molecule has 0 aliphatic rings. The third kappa shape index (κ3) is 2.54. The summed E-state index contributed by atoms with van der Waals surface area (Å²) < 4.78 is 5.04. The molecule has 2 N–H and O–H groups in total. The van der Waals surface area contributed by atoms with Crippen LogP contribution in [0.2, 0.25) is 0 Å². The number of carbonyl (C=O) groups excluding carboxylic acids is 1. The average Bonchev–Trinajstić information content (AvgIpc) is 2.35. The average molecular weight is 234 g/mol. The number of rotatable bonds is 5. The normalized spacial score (nSPS) is 9.76. The maximum atomic E-state index is 11.9. The molecule has 0 aromatic heterocycles. The first-order chi connectivity index (χ1) is 8.02. The summed E-state index contributed by atoms with van der Waals surface area (Å²) in [6.45, 7) is 6.34. The number of allylic oxidation sites excluding steroid dienone is 1. The zero-order valence-corrected chi connectivity index (χ0v) is 9.56. The number of aliphatic hydroxyl groups excluding tert-OH is 2. The van der Waals surface area contributed by atoms with Crippen LogP contribution in [0, 0.1) is 0 Å². The molecule has 0 aliphatic carbocycles. The van der Waals surface area contributed by atoms with Crippen LogP contribution < -0.4 is 4.74 Å². The molecule has 1 aromatic rings. The number of hydrogen-bond donors (Lipinski definition) is 2. The van der Waals surface area contributed by atoms with Crippen molar-refractivity contribution in [1.29, 1.82) is 0 Å². The molecular formula is C13H14O4. The molecule has 0 atom stereocenters. The third-order valence-corrected chi connectivity index (χ3v) is 2.38. The molecule has 0 radical (unpaired) electrons. The summed E-state index contributed by atoms with van der Waals surface area (Å²) in [5.74, 6) is -0.461. The molecule has 0 fully saturated rings. The van der Waals surface area contributed by atoms with E-state index in [1.807, 2.05) is 0 Å². The highest BCUT2D eigenvalue weighted by atomic mass is 16.5. The van der Waals surface area contributed by atoms with Crippen LogP contribution in [0.15, 0.2) is 42.7 Å². The second-order valence-electron chi connectivity index (χ2n) is 3.40. The molecule has 90 valence electrons. The Morgan fingerprint density at radius 2 is 2.06 bits per heavy atom. The van der Waals surface area contributed by atoms with Crippen molar-refractivity contribution < 1.29 is 19.7 Å². The standard InChI is InChI=1S/C13H14O4/c1-8(9(2)15)13(16)10-5-4-6-12(17-3)11(10)7-14/h4-6,14-15H,1-2,7H2,3H3. The van der Waals surface area contributed by atoms with Gasteiger partial charge in [0.25, 0.3) is 0 Å². The van der Waals surface area contributed by atoms with Crippen LogP contribution in [0.5, 0.6) is 5.75 Å². The van der Waals surface area contributed by atoms with Crippen LogP contribution >= 0.6 is 0 Å². The minimum Gasteiger partial charge on any atom is -0.508 e. The lowest BCUT2D eigenvalue weighted by Crippen LogP contribution is -2.09. The Bertz CT molecular complexity index is 474. The molecule has 0 aliphatic heterocycles. The number of ketones is 1. The van der Waals surface area contributed by atoms with Crippen molar-refractivity contribution in [1.82, 2.24) is 0 Å². The molecule has 1 aromatic carbocycles. The topological polar surface area (TPSA) is 66.8 Å². The lowest BCUT2D eigenvalue weighted by atomic mass is 9.98. The van der Waals surface area contributed by atoms with Crippen molar-refractivity contribution in [3.8, 4) is 5.75 Å². The largest absolute Gasteiger partial charge is 0.508 e. The van der Waals surface area contributed by atoms with E-state index < -0.39 is 5.78 Å². The SMILES string of the molecule is C=C(O)C(=C)C(=O)c1cccc(OC)c1CO. The highest BCUT2D eigenvalue weighted by Crippen LogP contribution is 2.25. The highest BCUT2D eigenvalue weighted by molar-refractivity contribution is 6.11. The molecule has 0 amide bonds. The fourth-order valence-corrected chi connectivity index (χ4v) is 1.43. The van der Waals surface area contributed by atoms with Gasteiger partial charge in [-0.3, -0.25) is 4.79 Å². The maximum Gasteiger partial charge on any atom is 0.196 e. The van der Waals surface area contributed by atoms with Crippen molar-refractivity contribution in [3.05, 3.63) is 53.8 Å². The molecule has 0 bridgehead atoms. The first kappa shape index (κ1) is 13.0. The lowest BCUT2D eigenvalue weighted by molar-refractivity contribution is 0.102. The van der Waals surface area contributed by atoms with Crippen LogP contribution in [0.1, 0.15) is 15.9 Å². The minimum atomic E-state index is -0.486. The monoisotopic (exact) mass is 234 g/mol. The number of methoxy groups -OCH3 is 1. The maximum absolute atomic E-state index is 11.9. The first-order valence-electron chi connectivity index (χ1n) is 4.91. The zero-order chi connectivity index (χ0) is 13.0. The molecule has 4 heteroatoms. The number of aliphatic hydroxyl groups is 2. The van der Waals surface area contributed by atoms with Crippen LogP contribution in [-0.4, -0.2) is 23.1 Å². The van der Waals surface area contributed by atoms with Crippen molar-refractivity contribution >= 4 is 5.78 Å². The van der Waals surface area contributed by atoms with Gasteiger partial charge < -0.3 is 14.9 Å². The molecule has 0 unspecified atom stereocenters. The molecule has 1 rings (SSSR count). The van der Waals surface area contributed by atoms with Gasteiger partial charge in [-0.05, 0) is 6.07 Å². The smallest absolute Gasteiger partial charge is 0.196 e. The Morgan fingerprint density at radius 3 is 2.53 bits per heavy atom. The second kappa shape index (κ2) is 5.32. The Kier molecular flexibility index (Phi) is 4.06. The molecule has 0 spiro atoms. The summed E-state index contributed by atoms with van der Waals surface area (Å²) in [6.07, 6.45) is 0. The van der Waals surface area contributed by atoms with E-state index in [9.17, 15) is 9.90 Å². The van der Waals surface area contributed by atoms with Gasteiger partial charge in [-0.1, -0.05) is 25.3 Å². The summed E-state index contributed by atoms with van der Waals surface area (Å²) in [6, 6.07) is 4.79. The summed E-state index contributed by atoms with van der Waals surface area (Å²) in [5, 5.41) is 18.4. The second-order valence-corrected chi connectivity index (χ2v) is 3.40. The molecule has 17 heavy (non-hydrogen) atoms. The van der Waals surface area contributed by atoms with Gasteiger partial charge in [0.1, 0.15) is 11.5 Å². The van der Waals surface area contributed by atoms with Crippen molar-refractivity contribution in [2.45, 2.75) is 6.61 Å². The van der Waals surface area contributed by atoms with E-state index in [2.05, 4.69) is 13.2 Å². The quantitative estimate of drug-likeness (QED) is 0.354. The highest BCUT2D eigenvalue weighted by Gasteiger charge is 2.18. The summed E-state index contributed by atoms with van der Waals surface area (Å²) >= 11 is 0. The molecule has 0 saturated carbocycles. The molecule has 4 nitrogen and oxygen atoms in total. The molecule has 0 heterocycles. The van der Waals surface area contributed by atoms with Gasteiger partial charge in [-0.2, -0.15) is 0 Å². The van der Waals surface area contributed by atoms with Gasteiger partial charge in [0.2, 0.25) is 0 Å². The van der Waals surface area contributed by atoms with Gasteiger partial charge in [0.15, 0.2) is 5.78 Å². The van der Waals surface area contributed by atoms with Crippen molar-refractivity contribution in [3.63, 3.8) is 0 Å². The van der Waals surface area contributed by atoms with E-state index in [0.717, 1.165) is 0 Å². The van der Waals surface area contributed by atoms with E-state index in [4.69, 9.17) is 9.84 Å². The predicted molar refractivity (Wildman–Crippen MR) is 64.2 cm³/mol. The minimum absolute atomic E-state index is 0.104. The Balaban J connectivity index is 3.27. The summed E-state index contributed by atoms with van der Waals surface area (Å²) in [4.78, 5) is 11.9. The summed E-state index contributed by atoms with van der Waals surface area (Å²) in [7, 11) is 1.45. The number of carbonyl (C=O) groups is 1. The van der Waals surface area contributed by atoms with Gasteiger partial charge in [0.05, 0.1) is 19.3 Å². The third-order valence-electron chi connectivity index (χ3n) is 2.38. The number of Topliss-reactive ketones (excluding diaryl/α,β-unsaturated/α-hetero) is 1. The Hall–Kier alpha value is -2.07. The first-order valence-corrected chi connectivity index (χ1v) is 4.91. The Morgan fingerprint density at radius 1 is 1.41 bits per heavy atom. The van der Waals surface area contributed by atoms with Gasteiger partial charge in [-0.25, -0.2) is 0 Å². The van der Waals surface area contributed by atoms with E-state index in [0.29, 0.717) is 11.3 Å². The van der Waals surface area contributed by atoms with Gasteiger partial charge >= 0.3 is 0 Å². The molecular weight excluding hydrogens is 220 g/mol. The zero-order valence-electron chi connectivity index (χ0n) is 9.56. The van der Waals surface area contributed by atoms with Crippen LogP contribution in [-0.2, 0) is 6.61 Å². The fourth-order valence-electron chi connectivity index (χ4n) is 1.43. The van der Waals surface area contributed by atoms with Gasteiger partial charge in [-0.15, -0.1) is 0 Å². The van der Waals surface area contributed by atoms with E-state index in [1.165, 1.54) is 13.2 Å². The number of ether oxygens (including phenoxy) is 1. The lowest BCUT2D eigenvalue weighted by Gasteiger charge is -2.11. The van der Waals surface area contributed by atoms with E-state index in [-0.39, 0.29) is 23.5 Å². The van der Waals surface area contributed by atoms with Crippen LogP contribution in [0.3, 0.4) is 0 Å². The fraction of sp³-hybridized carbons (Fsp3) is 0.154. The van der Waals surface area contributed by atoms with Crippen molar-refractivity contribution in [2.24, 2.45) is 0 Å². The van der Waals surface area contributed by atoms with E-state index in [1.54, 1.807) is 12.1 Å². The predicted octanol–water partition coefficient (Wildman–Crippen LogP) is 2.00. The number of hydrogen-bond acceptors (Lipinski definition) is 4. The van der Waals surface area contributed by atoms with Gasteiger partial charge in [0, 0.05) is 11.1 Å². The summed E-state index contributed by atoms with van der Waals surface area (Å²) in [5.41, 5.74) is 0.502. The number of benzene rings is 1. The molecule has 0 saturated heterocycles. The Labute approximate surface area is 99.5 Å².